The number of halogens is 3. The van der Waals surface area contributed by atoms with E-state index in [0.29, 0.717) is 25.2 Å². The average molecular weight is 287 g/mol. The minimum Gasteiger partial charge on any atom is -0.381 e. The number of amides is 1. The molecule has 1 saturated heterocycles. The zero-order valence-electron chi connectivity index (χ0n) is 10.9. The van der Waals surface area contributed by atoms with Gasteiger partial charge < -0.3 is 10.5 Å². The summed E-state index contributed by atoms with van der Waals surface area (Å²) in [4.78, 5) is 11.4. The lowest BCUT2D eigenvalue weighted by Gasteiger charge is -2.23. The Balaban J connectivity index is 2.25. The molecule has 0 aliphatic carbocycles. The number of carbonyl (C=O) groups excluding carboxylic acids is 1. The van der Waals surface area contributed by atoms with Crippen molar-refractivity contribution in [3.05, 3.63) is 34.9 Å². The zero-order valence-corrected chi connectivity index (χ0v) is 10.9. The summed E-state index contributed by atoms with van der Waals surface area (Å²) in [5, 5.41) is 0. The molecule has 20 heavy (non-hydrogen) atoms. The summed E-state index contributed by atoms with van der Waals surface area (Å²) < 4.78 is 43.3. The van der Waals surface area contributed by atoms with E-state index in [1.54, 1.807) is 0 Å². The molecule has 0 spiro atoms. The van der Waals surface area contributed by atoms with Crippen molar-refractivity contribution in [2.24, 2.45) is 11.7 Å². The van der Waals surface area contributed by atoms with Crippen molar-refractivity contribution < 1.29 is 22.7 Å². The van der Waals surface area contributed by atoms with E-state index in [9.17, 15) is 18.0 Å². The number of alkyl halides is 3. The molecule has 6 heteroatoms. The molecule has 1 amide bonds. The summed E-state index contributed by atoms with van der Waals surface area (Å²) in [5.74, 6) is -0.610. The molecule has 0 unspecified atom stereocenters. The molecule has 0 aromatic heterocycles. The van der Waals surface area contributed by atoms with Gasteiger partial charge in [-0.25, -0.2) is 0 Å². The zero-order chi connectivity index (χ0) is 14.8. The molecule has 1 aliphatic heterocycles. The number of ether oxygens (including phenoxy) is 1. The quantitative estimate of drug-likeness (QED) is 0.929. The maximum atomic E-state index is 12.6. The third-order valence-corrected chi connectivity index (χ3v) is 3.47. The maximum absolute atomic E-state index is 12.6. The molecular weight excluding hydrogens is 271 g/mol. The first-order valence-electron chi connectivity index (χ1n) is 6.45. The van der Waals surface area contributed by atoms with E-state index < -0.39 is 17.6 Å². The first-order chi connectivity index (χ1) is 9.38. The van der Waals surface area contributed by atoms with Crippen molar-refractivity contribution in [1.82, 2.24) is 0 Å². The van der Waals surface area contributed by atoms with Gasteiger partial charge in [-0.3, -0.25) is 4.79 Å². The number of nitrogens with two attached hydrogens (primary N) is 1. The Labute approximate surface area is 114 Å². The Hall–Kier alpha value is -1.56. The van der Waals surface area contributed by atoms with Gasteiger partial charge in [0.1, 0.15) is 0 Å². The Morgan fingerprint density at radius 3 is 2.70 bits per heavy atom. The molecule has 1 aromatic rings. The predicted octanol–water partition coefficient (Wildman–Crippen LogP) is 2.77. The normalized spacial score (nSPS) is 19.9. The molecule has 1 aromatic carbocycles. The van der Waals surface area contributed by atoms with Crippen LogP contribution in [0.5, 0.6) is 0 Å². The summed E-state index contributed by atoms with van der Waals surface area (Å²) in [7, 11) is 0. The Bertz CT molecular complexity index is 494. The molecule has 2 rings (SSSR count). The molecule has 1 fully saturated rings. The first kappa shape index (κ1) is 14.8. The fourth-order valence-electron chi connectivity index (χ4n) is 2.44. The minimum absolute atomic E-state index is 0.0506. The van der Waals surface area contributed by atoms with Crippen LogP contribution in [0.2, 0.25) is 0 Å². The summed E-state index contributed by atoms with van der Waals surface area (Å²) in [6.07, 6.45) is -2.09. The van der Waals surface area contributed by atoms with E-state index in [2.05, 4.69) is 0 Å². The molecule has 2 N–H and O–H groups in total. The third-order valence-electron chi connectivity index (χ3n) is 3.47. The second kappa shape index (κ2) is 5.83. The molecule has 3 nitrogen and oxygen atoms in total. The van der Waals surface area contributed by atoms with Crippen molar-refractivity contribution in [1.29, 1.82) is 0 Å². The van der Waals surface area contributed by atoms with Crippen LogP contribution in [0.25, 0.3) is 0 Å². The van der Waals surface area contributed by atoms with Crippen molar-refractivity contribution in [2.75, 3.05) is 13.2 Å². The van der Waals surface area contributed by atoms with Gasteiger partial charge in [0.25, 0.3) is 0 Å². The van der Waals surface area contributed by atoms with Gasteiger partial charge in [-0.05, 0) is 42.9 Å². The molecule has 1 atom stereocenters. The van der Waals surface area contributed by atoms with E-state index in [1.807, 2.05) is 0 Å². The van der Waals surface area contributed by atoms with Crippen molar-refractivity contribution in [3.8, 4) is 0 Å². The van der Waals surface area contributed by atoms with Crippen LogP contribution < -0.4 is 5.73 Å². The van der Waals surface area contributed by atoms with Crippen LogP contribution in [0.4, 0.5) is 13.2 Å². The van der Waals surface area contributed by atoms with Gasteiger partial charge in [0.15, 0.2) is 0 Å². The molecule has 1 heterocycles. The number of benzene rings is 1. The van der Waals surface area contributed by atoms with E-state index in [4.69, 9.17) is 10.5 Å². The van der Waals surface area contributed by atoms with E-state index in [-0.39, 0.29) is 11.5 Å². The van der Waals surface area contributed by atoms with Gasteiger partial charge in [0.05, 0.1) is 5.56 Å². The highest BCUT2D eigenvalue weighted by Crippen LogP contribution is 2.31. The highest BCUT2D eigenvalue weighted by Gasteiger charge is 2.31. The summed E-state index contributed by atoms with van der Waals surface area (Å²) in [6, 6.07) is 3.17. The molecule has 0 radical (unpaired) electrons. The van der Waals surface area contributed by atoms with E-state index >= 15 is 0 Å². The molecule has 110 valence electrons. The SMILES string of the molecule is NC(=O)c1cc(C(F)(F)F)ccc1C[C@@H]1CCCOC1. The van der Waals surface area contributed by atoms with Gasteiger partial charge >= 0.3 is 6.18 Å². The van der Waals surface area contributed by atoms with Gasteiger partial charge in [0, 0.05) is 18.8 Å². The fourth-order valence-corrected chi connectivity index (χ4v) is 2.44. The monoisotopic (exact) mass is 287 g/mol. The minimum atomic E-state index is -4.48. The second-order valence-electron chi connectivity index (χ2n) is 5.02. The summed E-state index contributed by atoms with van der Waals surface area (Å²) >= 11 is 0. The molecule has 1 aliphatic rings. The van der Waals surface area contributed by atoms with Crippen LogP contribution in [-0.4, -0.2) is 19.1 Å². The Kier molecular flexibility index (Phi) is 4.32. The third kappa shape index (κ3) is 3.50. The number of carbonyl (C=O) groups is 1. The van der Waals surface area contributed by atoms with Crippen molar-refractivity contribution in [3.63, 3.8) is 0 Å². The summed E-state index contributed by atoms with van der Waals surface area (Å²) in [6.45, 7) is 1.28. The predicted molar refractivity (Wildman–Crippen MR) is 67.2 cm³/mol. The van der Waals surface area contributed by atoms with Crippen molar-refractivity contribution >= 4 is 5.91 Å². The van der Waals surface area contributed by atoms with Crippen LogP contribution >= 0.6 is 0 Å². The highest BCUT2D eigenvalue weighted by molar-refractivity contribution is 5.94. The number of primary amides is 1. The topological polar surface area (TPSA) is 52.3 Å². The van der Waals surface area contributed by atoms with Crippen LogP contribution in [0.15, 0.2) is 18.2 Å². The lowest BCUT2D eigenvalue weighted by atomic mass is 9.90. The largest absolute Gasteiger partial charge is 0.416 e. The van der Waals surface area contributed by atoms with Gasteiger partial charge in [-0.15, -0.1) is 0 Å². The average Bonchev–Trinajstić information content (AvgIpc) is 2.38. The smallest absolute Gasteiger partial charge is 0.381 e. The van der Waals surface area contributed by atoms with Gasteiger partial charge in [-0.1, -0.05) is 6.07 Å². The van der Waals surface area contributed by atoms with Crippen molar-refractivity contribution in [2.45, 2.75) is 25.4 Å². The Morgan fingerprint density at radius 2 is 2.15 bits per heavy atom. The number of hydrogen-bond donors (Lipinski definition) is 1. The fraction of sp³-hybridized carbons (Fsp3) is 0.500. The lowest BCUT2D eigenvalue weighted by molar-refractivity contribution is -0.137. The van der Waals surface area contributed by atoms with Crippen LogP contribution in [0.3, 0.4) is 0 Å². The standard InChI is InChI=1S/C14H16F3NO2/c15-14(16,17)11-4-3-10(12(7-11)13(18)19)6-9-2-1-5-20-8-9/h3-4,7,9H,1-2,5-6,8H2,(H2,18,19)/t9-/m0/s1. The van der Waals surface area contributed by atoms with E-state index in [0.717, 1.165) is 25.0 Å². The summed E-state index contributed by atoms with van der Waals surface area (Å²) in [5.41, 5.74) is 4.85. The van der Waals surface area contributed by atoms with Crippen LogP contribution in [0.1, 0.15) is 34.3 Å². The number of hydrogen-bond acceptors (Lipinski definition) is 2. The van der Waals surface area contributed by atoms with Gasteiger partial charge in [0.2, 0.25) is 5.91 Å². The molecular formula is C14H16F3NO2. The van der Waals surface area contributed by atoms with E-state index in [1.165, 1.54) is 6.07 Å². The first-order valence-corrected chi connectivity index (χ1v) is 6.45. The highest BCUT2D eigenvalue weighted by atomic mass is 19.4. The number of rotatable bonds is 3. The maximum Gasteiger partial charge on any atom is 0.416 e. The van der Waals surface area contributed by atoms with Crippen LogP contribution in [-0.2, 0) is 17.3 Å². The van der Waals surface area contributed by atoms with Crippen LogP contribution in [0, 0.1) is 5.92 Å². The molecule has 0 saturated carbocycles. The molecule has 0 bridgehead atoms. The second-order valence-corrected chi connectivity index (χ2v) is 5.02. The van der Waals surface area contributed by atoms with Gasteiger partial charge in [-0.2, -0.15) is 13.2 Å². The lowest BCUT2D eigenvalue weighted by Crippen LogP contribution is -2.22. The Morgan fingerprint density at radius 1 is 1.40 bits per heavy atom.